The number of nitrogens with one attached hydrogen (secondary N) is 1. The molecular weight excluding hydrogens is 340 g/mol. The highest BCUT2D eigenvalue weighted by Crippen LogP contribution is 2.26. The van der Waals surface area contributed by atoms with E-state index >= 15 is 0 Å². The van der Waals surface area contributed by atoms with Crippen molar-refractivity contribution in [3.63, 3.8) is 0 Å². The Balaban J connectivity index is 0.00000147. The highest BCUT2D eigenvalue weighted by molar-refractivity contribution is 9.10. The molecule has 5 heteroatoms. The lowest BCUT2D eigenvalue weighted by Crippen LogP contribution is -2.46. The number of piperidine rings is 1. The first-order valence-electron chi connectivity index (χ1n) is 6.94. The Morgan fingerprint density at radius 3 is 2.95 bits per heavy atom. The second-order valence-corrected chi connectivity index (χ2v) is 6.47. The molecule has 110 valence electrons. The maximum Gasteiger partial charge on any atom is 0.253 e. The second kappa shape index (κ2) is 6.46. The third kappa shape index (κ3) is 3.02. The summed E-state index contributed by atoms with van der Waals surface area (Å²) in [6, 6.07) is 6.49. The van der Waals surface area contributed by atoms with Gasteiger partial charge < -0.3 is 10.2 Å². The summed E-state index contributed by atoms with van der Waals surface area (Å²) in [4.78, 5) is 14.6. The van der Waals surface area contributed by atoms with Crippen LogP contribution in [-0.2, 0) is 0 Å². The average Bonchev–Trinajstić information content (AvgIpc) is 2.88. The third-order valence-electron chi connectivity index (χ3n) is 4.35. The fraction of sp³-hybridized carbons (Fsp3) is 0.533. The Kier molecular flexibility index (Phi) is 5.10. The summed E-state index contributed by atoms with van der Waals surface area (Å²) in [6.07, 6.45) is 2.29. The topological polar surface area (TPSA) is 32.3 Å². The molecule has 3 nitrogen and oxygen atoms in total. The van der Waals surface area contributed by atoms with E-state index in [1.54, 1.807) is 0 Å². The van der Waals surface area contributed by atoms with E-state index in [1.807, 2.05) is 30.0 Å². The molecule has 1 amide bonds. The van der Waals surface area contributed by atoms with Gasteiger partial charge in [0.1, 0.15) is 0 Å². The zero-order chi connectivity index (χ0) is 13.4. The Bertz CT molecular complexity index is 509. The molecule has 20 heavy (non-hydrogen) atoms. The van der Waals surface area contributed by atoms with Crippen LogP contribution >= 0.6 is 28.3 Å². The minimum atomic E-state index is 0. The number of amides is 1. The van der Waals surface area contributed by atoms with Gasteiger partial charge in [-0.1, -0.05) is 15.9 Å². The molecule has 3 rings (SSSR count). The van der Waals surface area contributed by atoms with Crippen molar-refractivity contribution in [2.45, 2.75) is 25.8 Å². The molecule has 0 aromatic heterocycles. The van der Waals surface area contributed by atoms with E-state index in [0.29, 0.717) is 12.0 Å². The smallest absolute Gasteiger partial charge is 0.253 e. The summed E-state index contributed by atoms with van der Waals surface area (Å²) >= 11 is 3.48. The van der Waals surface area contributed by atoms with Gasteiger partial charge in [0.15, 0.2) is 0 Å². The summed E-state index contributed by atoms with van der Waals surface area (Å²) in [7, 11) is 0. The highest BCUT2D eigenvalue weighted by Gasteiger charge is 2.34. The molecule has 0 spiro atoms. The van der Waals surface area contributed by atoms with Crippen molar-refractivity contribution < 1.29 is 4.79 Å². The second-order valence-electron chi connectivity index (χ2n) is 5.61. The molecule has 0 radical (unpaired) electrons. The molecule has 2 saturated heterocycles. The van der Waals surface area contributed by atoms with Gasteiger partial charge in [-0.3, -0.25) is 4.79 Å². The minimum Gasteiger partial charge on any atom is -0.338 e. The van der Waals surface area contributed by atoms with Crippen LogP contribution in [0.4, 0.5) is 0 Å². The van der Waals surface area contributed by atoms with Crippen LogP contribution in [-0.4, -0.2) is 36.5 Å². The fourth-order valence-electron chi connectivity index (χ4n) is 3.19. The first-order valence-corrected chi connectivity index (χ1v) is 7.73. The number of carbonyl (C=O) groups excluding carboxylic acids is 1. The van der Waals surface area contributed by atoms with Crippen molar-refractivity contribution in [1.82, 2.24) is 10.2 Å². The van der Waals surface area contributed by atoms with E-state index in [-0.39, 0.29) is 18.3 Å². The lowest BCUT2D eigenvalue weighted by molar-refractivity contribution is 0.0662. The highest BCUT2D eigenvalue weighted by atomic mass is 79.9. The van der Waals surface area contributed by atoms with Gasteiger partial charge in [0.25, 0.3) is 5.91 Å². The van der Waals surface area contributed by atoms with Crippen LogP contribution in [0, 0.1) is 12.8 Å². The van der Waals surface area contributed by atoms with Gasteiger partial charge in [-0.25, -0.2) is 0 Å². The molecule has 2 unspecified atom stereocenters. The number of rotatable bonds is 1. The number of halogens is 2. The molecule has 2 heterocycles. The molecule has 0 saturated carbocycles. The lowest BCUT2D eigenvalue weighted by Gasteiger charge is -2.35. The Morgan fingerprint density at radius 1 is 1.40 bits per heavy atom. The maximum absolute atomic E-state index is 12.5. The van der Waals surface area contributed by atoms with Crippen LogP contribution in [0.1, 0.15) is 28.8 Å². The minimum absolute atomic E-state index is 0. The van der Waals surface area contributed by atoms with Gasteiger partial charge in [0.2, 0.25) is 0 Å². The van der Waals surface area contributed by atoms with E-state index in [1.165, 1.54) is 6.42 Å². The van der Waals surface area contributed by atoms with Crippen molar-refractivity contribution in [2.75, 3.05) is 19.6 Å². The van der Waals surface area contributed by atoms with Crippen LogP contribution in [0.15, 0.2) is 22.7 Å². The molecule has 1 aromatic rings. The third-order valence-corrected chi connectivity index (χ3v) is 5.24. The van der Waals surface area contributed by atoms with Crippen LogP contribution in [0.25, 0.3) is 0 Å². The summed E-state index contributed by atoms with van der Waals surface area (Å²) in [5.41, 5.74) is 1.92. The lowest BCUT2D eigenvalue weighted by atomic mass is 9.93. The number of hydrogen-bond donors (Lipinski definition) is 1. The van der Waals surface area contributed by atoms with E-state index in [4.69, 9.17) is 0 Å². The summed E-state index contributed by atoms with van der Waals surface area (Å²) in [5, 5.41) is 3.53. The molecule has 1 aromatic carbocycles. The molecular formula is C15H20BrClN2O. The number of carbonyl (C=O) groups is 1. The van der Waals surface area contributed by atoms with E-state index in [9.17, 15) is 4.79 Å². The van der Waals surface area contributed by atoms with Crippen molar-refractivity contribution in [2.24, 2.45) is 5.92 Å². The van der Waals surface area contributed by atoms with Gasteiger partial charge in [0, 0.05) is 29.2 Å². The van der Waals surface area contributed by atoms with Gasteiger partial charge in [0.05, 0.1) is 0 Å². The first-order chi connectivity index (χ1) is 9.15. The van der Waals surface area contributed by atoms with Crippen molar-refractivity contribution in [1.29, 1.82) is 0 Å². The Hall–Kier alpha value is -0.580. The standard InChI is InChI=1S/C15H19BrN2O.ClH/c1-10-8-11(2-3-13(10)16)15(19)18-7-5-14-12(9-18)4-6-17-14;/h2-3,8,12,14,17H,4-7,9H2,1H3;1H. The first kappa shape index (κ1) is 15.8. The fourth-order valence-corrected chi connectivity index (χ4v) is 3.44. The zero-order valence-electron chi connectivity index (χ0n) is 11.6. The molecule has 0 aliphatic carbocycles. The summed E-state index contributed by atoms with van der Waals surface area (Å²) in [5.74, 6) is 0.829. The van der Waals surface area contributed by atoms with Crippen LogP contribution in [0.2, 0.25) is 0 Å². The van der Waals surface area contributed by atoms with E-state index in [0.717, 1.165) is 41.7 Å². The number of nitrogens with zero attached hydrogens (tertiary/aromatic N) is 1. The molecule has 1 N–H and O–H groups in total. The molecule has 2 fully saturated rings. The summed E-state index contributed by atoms with van der Waals surface area (Å²) in [6.45, 7) is 4.91. The number of likely N-dealkylation sites (tertiary alicyclic amines) is 1. The normalized spacial score (nSPS) is 25.0. The van der Waals surface area contributed by atoms with Gasteiger partial charge in [-0.05, 0) is 56.0 Å². The van der Waals surface area contributed by atoms with Gasteiger partial charge in [-0.2, -0.15) is 0 Å². The molecule has 0 bridgehead atoms. The predicted molar refractivity (Wildman–Crippen MR) is 86.5 cm³/mol. The molecule has 2 atom stereocenters. The Labute approximate surface area is 134 Å². The zero-order valence-corrected chi connectivity index (χ0v) is 14.0. The van der Waals surface area contributed by atoms with Crippen molar-refractivity contribution in [3.05, 3.63) is 33.8 Å². The number of benzene rings is 1. The SMILES string of the molecule is Cc1cc(C(=O)N2CCC3NCCC3C2)ccc1Br.Cl. The average molecular weight is 360 g/mol. The molecule has 2 aliphatic rings. The number of hydrogen-bond acceptors (Lipinski definition) is 2. The predicted octanol–water partition coefficient (Wildman–Crippen LogP) is 3.00. The molecule has 2 aliphatic heterocycles. The monoisotopic (exact) mass is 358 g/mol. The van der Waals surface area contributed by atoms with Crippen LogP contribution in [0.3, 0.4) is 0 Å². The number of fused-ring (bicyclic) bond motifs is 1. The van der Waals surface area contributed by atoms with Gasteiger partial charge >= 0.3 is 0 Å². The van der Waals surface area contributed by atoms with E-state index < -0.39 is 0 Å². The van der Waals surface area contributed by atoms with Crippen molar-refractivity contribution >= 4 is 34.2 Å². The summed E-state index contributed by atoms with van der Waals surface area (Å²) < 4.78 is 1.06. The largest absolute Gasteiger partial charge is 0.338 e. The number of aryl methyl sites for hydroxylation is 1. The van der Waals surface area contributed by atoms with Crippen molar-refractivity contribution in [3.8, 4) is 0 Å². The maximum atomic E-state index is 12.5. The Morgan fingerprint density at radius 2 is 2.20 bits per heavy atom. The van der Waals surface area contributed by atoms with E-state index in [2.05, 4.69) is 21.2 Å². The quantitative estimate of drug-likeness (QED) is 0.836. The van der Waals surface area contributed by atoms with Gasteiger partial charge in [-0.15, -0.1) is 12.4 Å². The van der Waals surface area contributed by atoms with Crippen LogP contribution < -0.4 is 5.32 Å². The van der Waals surface area contributed by atoms with Crippen LogP contribution in [0.5, 0.6) is 0 Å².